The minimum atomic E-state index is -3.55. The van der Waals surface area contributed by atoms with Gasteiger partial charge in [0.05, 0.1) is 11.9 Å². The number of nitrogens with zero attached hydrogens (tertiary/aromatic N) is 3. The topological polar surface area (TPSA) is 60.9 Å². The third kappa shape index (κ3) is 6.18. The van der Waals surface area contributed by atoms with Gasteiger partial charge in [-0.15, -0.1) is 0 Å². The molecule has 0 aliphatic carbocycles. The molecule has 0 N–H and O–H groups in total. The van der Waals surface area contributed by atoms with Crippen molar-refractivity contribution < 1.29 is 13.2 Å². The van der Waals surface area contributed by atoms with Crippen molar-refractivity contribution in [1.29, 1.82) is 0 Å². The summed E-state index contributed by atoms with van der Waals surface area (Å²) in [6.45, 7) is 5.34. The number of hydrogen-bond donors (Lipinski definition) is 0. The number of rotatable bonds is 7. The Bertz CT molecular complexity index is 965. The van der Waals surface area contributed by atoms with Gasteiger partial charge < -0.3 is 4.90 Å². The molecule has 0 radical (unpaired) electrons. The van der Waals surface area contributed by atoms with Crippen LogP contribution in [0.4, 0.5) is 5.69 Å². The molecule has 2 aromatic carbocycles. The smallest absolute Gasteiger partial charge is 0.243 e. The lowest BCUT2D eigenvalue weighted by atomic mass is 10.2. The lowest BCUT2D eigenvalue weighted by Crippen LogP contribution is -2.51. The second-order valence-electron chi connectivity index (χ2n) is 7.60. The summed E-state index contributed by atoms with van der Waals surface area (Å²) in [6, 6.07) is 17.3. The highest BCUT2D eigenvalue weighted by Gasteiger charge is 2.26. The molecule has 3 rings (SSSR count). The summed E-state index contributed by atoms with van der Waals surface area (Å²) < 4.78 is 25.7. The number of carbonyl (C=O) groups is 1. The average molecular weight is 428 g/mol. The van der Waals surface area contributed by atoms with Crippen molar-refractivity contribution in [2.45, 2.75) is 6.92 Å². The van der Waals surface area contributed by atoms with E-state index in [9.17, 15) is 13.2 Å². The van der Waals surface area contributed by atoms with E-state index in [1.165, 1.54) is 9.87 Å². The summed E-state index contributed by atoms with van der Waals surface area (Å²) in [7, 11) is -3.55. The van der Waals surface area contributed by atoms with Crippen LogP contribution in [0.5, 0.6) is 0 Å². The van der Waals surface area contributed by atoms with Gasteiger partial charge in [-0.2, -0.15) is 0 Å². The Morgan fingerprint density at radius 3 is 2.23 bits per heavy atom. The van der Waals surface area contributed by atoms with Crippen molar-refractivity contribution >= 4 is 27.7 Å². The molecule has 0 unspecified atom stereocenters. The maximum absolute atomic E-state index is 12.8. The highest BCUT2D eigenvalue weighted by atomic mass is 32.2. The van der Waals surface area contributed by atoms with E-state index >= 15 is 0 Å². The predicted molar refractivity (Wildman–Crippen MR) is 122 cm³/mol. The Morgan fingerprint density at radius 1 is 1.00 bits per heavy atom. The molecule has 0 aromatic heterocycles. The maximum atomic E-state index is 12.8. The normalized spacial score (nSPS) is 15.5. The van der Waals surface area contributed by atoms with E-state index in [1.54, 1.807) is 17.0 Å². The van der Waals surface area contributed by atoms with E-state index in [-0.39, 0.29) is 12.5 Å². The van der Waals surface area contributed by atoms with Crippen LogP contribution < -0.4 is 4.31 Å². The van der Waals surface area contributed by atoms with Gasteiger partial charge in [0.2, 0.25) is 15.9 Å². The number of sulfonamides is 1. The lowest BCUT2D eigenvalue weighted by Gasteiger charge is -2.35. The van der Waals surface area contributed by atoms with Crippen molar-refractivity contribution in [3.63, 3.8) is 0 Å². The molecule has 160 valence electrons. The molecule has 30 heavy (non-hydrogen) atoms. The zero-order valence-corrected chi connectivity index (χ0v) is 18.4. The van der Waals surface area contributed by atoms with E-state index in [0.717, 1.165) is 31.5 Å². The average Bonchev–Trinajstić information content (AvgIpc) is 2.73. The van der Waals surface area contributed by atoms with Crippen LogP contribution in [0.25, 0.3) is 6.08 Å². The molecule has 1 aliphatic rings. The molecule has 0 atom stereocenters. The van der Waals surface area contributed by atoms with Gasteiger partial charge in [-0.25, -0.2) is 8.42 Å². The predicted octanol–water partition coefficient (Wildman–Crippen LogP) is 2.62. The second kappa shape index (κ2) is 9.91. The number of benzene rings is 2. The molecular formula is C23H29N3O3S. The van der Waals surface area contributed by atoms with Crippen LogP contribution in [-0.2, 0) is 14.8 Å². The third-order valence-corrected chi connectivity index (χ3v) is 6.34. The van der Waals surface area contributed by atoms with E-state index in [0.29, 0.717) is 18.8 Å². The summed E-state index contributed by atoms with van der Waals surface area (Å²) in [5.74, 6) is -0.166. The van der Waals surface area contributed by atoms with E-state index < -0.39 is 10.0 Å². The van der Waals surface area contributed by atoms with Gasteiger partial charge in [0, 0.05) is 32.7 Å². The number of hydrogen-bond acceptors (Lipinski definition) is 4. The minimum absolute atomic E-state index is 0.166. The molecule has 0 spiro atoms. The van der Waals surface area contributed by atoms with Gasteiger partial charge in [-0.05, 0) is 24.6 Å². The van der Waals surface area contributed by atoms with Gasteiger partial charge in [0.1, 0.15) is 6.54 Å². The molecule has 1 heterocycles. The SMILES string of the molecule is Cc1ccc(N(CC(=O)N2CCN(CC=Cc3ccccc3)CC2)S(C)(=O)=O)cc1. The fourth-order valence-electron chi connectivity index (χ4n) is 3.42. The van der Waals surface area contributed by atoms with Crippen LogP contribution in [0.15, 0.2) is 60.7 Å². The molecule has 1 amide bonds. The zero-order valence-electron chi connectivity index (χ0n) is 17.6. The number of piperazine rings is 1. The largest absolute Gasteiger partial charge is 0.339 e. The molecular weight excluding hydrogens is 398 g/mol. The minimum Gasteiger partial charge on any atom is -0.339 e. The molecule has 1 saturated heterocycles. The Kier molecular flexibility index (Phi) is 7.29. The van der Waals surface area contributed by atoms with Crippen LogP contribution in [0, 0.1) is 6.92 Å². The Balaban J connectivity index is 1.53. The Hall–Kier alpha value is -2.64. The summed E-state index contributed by atoms with van der Waals surface area (Å²) >= 11 is 0. The molecule has 0 saturated carbocycles. The third-order valence-electron chi connectivity index (χ3n) is 5.20. The van der Waals surface area contributed by atoms with Crippen LogP contribution >= 0.6 is 0 Å². The number of anilines is 1. The fourth-order valence-corrected chi connectivity index (χ4v) is 4.27. The maximum Gasteiger partial charge on any atom is 0.243 e. The van der Waals surface area contributed by atoms with Crippen LogP contribution in [0.1, 0.15) is 11.1 Å². The van der Waals surface area contributed by atoms with E-state index in [4.69, 9.17) is 0 Å². The van der Waals surface area contributed by atoms with Crippen LogP contribution in [0.2, 0.25) is 0 Å². The first kappa shape index (κ1) is 22.1. The van der Waals surface area contributed by atoms with Crippen LogP contribution in [-0.4, -0.2) is 69.6 Å². The van der Waals surface area contributed by atoms with Crippen molar-refractivity contribution in [1.82, 2.24) is 9.80 Å². The summed E-state index contributed by atoms with van der Waals surface area (Å²) in [4.78, 5) is 16.8. The van der Waals surface area contributed by atoms with E-state index in [2.05, 4.69) is 29.2 Å². The molecule has 6 nitrogen and oxygen atoms in total. The first-order valence-electron chi connectivity index (χ1n) is 10.1. The van der Waals surface area contributed by atoms with Gasteiger partial charge >= 0.3 is 0 Å². The lowest BCUT2D eigenvalue weighted by molar-refractivity contribution is -0.131. The molecule has 1 aliphatic heterocycles. The standard InChI is InChI=1S/C23H29N3O3S/c1-20-10-12-22(13-11-20)26(30(2,28)29)19-23(27)25-17-15-24(16-18-25)14-6-9-21-7-4-3-5-8-21/h3-13H,14-19H2,1-2H3. The first-order chi connectivity index (χ1) is 14.3. The van der Waals surface area contributed by atoms with Gasteiger partial charge in [0.15, 0.2) is 0 Å². The van der Waals surface area contributed by atoms with Gasteiger partial charge in [-0.1, -0.05) is 60.2 Å². The number of amides is 1. The Morgan fingerprint density at radius 2 is 1.63 bits per heavy atom. The van der Waals surface area contributed by atoms with Crippen molar-refractivity contribution in [3.8, 4) is 0 Å². The first-order valence-corrected chi connectivity index (χ1v) is 11.9. The highest BCUT2D eigenvalue weighted by molar-refractivity contribution is 7.92. The van der Waals surface area contributed by atoms with Gasteiger partial charge in [-0.3, -0.25) is 14.0 Å². The highest BCUT2D eigenvalue weighted by Crippen LogP contribution is 2.18. The van der Waals surface area contributed by atoms with Gasteiger partial charge in [0.25, 0.3) is 0 Å². The quantitative estimate of drug-likeness (QED) is 0.682. The summed E-state index contributed by atoms with van der Waals surface area (Å²) in [5.41, 5.74) is 2.72. The molecule has 1 fully saturated rings. The Labute approximate surface area is 179 Å². The van der Waals surface area contributed by atoms with Crippen molar-refractivity contribution in [3.05, 3.63) is 71.8 Å². The van der Waals surface area contributed by atoms with E-state index in [1.807, 2.05) is 37.3 Å². The zero-order chi connectivity index (χ0) is 21.6. The van der Waals surface area contributed by atoms with Crippen molar-refractivity contribution in [2.75, 3.05) is 49.8 Å². The van der Waals surface area contributed by atoms with Crippen molar-refractivity contribution in [2.24, 2.45) is 0 Å². The monoisotopic (exact) mass is 427 g/mol. The fraction of sp³-hybridized carbons (Fsp3) is 0.348. The molecule has 2 aromatic rings. The molecule has 0 bridgehead atoms. The summed E-state index contributed by atoms with van der Waals surface area (Å²) in [5, 5.41) is 0. The number of aryl methyl sites for hydroxylation is 1. The number of carbonyl (C=O) groups excluding carboxylic acids is 1. The second-order valence-corrected chi connectivity index (χ2v) is 9.51. The molecule has 7 heteroatoms. The van der Waals surface area contributed by atoms with Crippen LogP contribution in [0.3, 0.4) is 0 Å². The summed E-state index contributed by atoms with van der Waals surface area (Å²) in [6.07, 6.45) is 5.37.